The van der Waals surface area contributed by atoms with Crippen molar-refractivity contribution in [1.82, 2.24) is 15.0 Å². The van der Waals surface area contributed by atoms with Gasteiger partial charge in [0.15, 0.2) is 0 Å². The number of aliphatic hydroxyl groups is 1. The third-order valence-electron chi connectivity index (χ3n) is 2.99. The van der Waals surface area contributed by atoms with Gasteiger partial charge in [0, 0.05) is 5.56 Å². The van der Waals surface area contributed by atoms with E-state index >= 15 is 0 Å². The summed E-state index contributed by atoms with van der Waals surface area (Å²) in [7, 11) is 0. The normalized spacial score (nSPS) is 10.7. The minimum absolute atomic E-state index is 0.223. The molecule has 0 aliphatic carbocycles. The fourth-order valence-corrected chi connectivity index (χ4v) is 2.09. The molecular weight excluding hydrogens is 257 g/mol. The Balaban J connectivity index is 2.20. The first-order chi connectivity index (χ1) is 9.79. The summed E-state index contributed by atoms with van der Waals surface area (Å²) in [6.07, 6.45) is 0. The molecule has 0 spiro atoms. The van der Waals surface area contributed by atoms with E-state index in [1.165, 1.54) is 16.8 Å². The molecule has 1 heterocycles. The van der Waals surface area contributed by atoms with Crippen molar-refractivity contribution in [2.45, 2.75) is 6.61 Å². The maximum absolute atomic E-state index is 13.4. The largest absolute Gasteiger partial charge is 0.390 e. The van der Waals surface area contributed by atoms with E-state index in [-0.39, 0.29) is 12.4 Å². The van der Waals surface area contributed by atoms with Gasteiger partial charge in [0.1, 0.15) is 17.2 Å². The molecule has 2 aromatic carbocycles. The molecule has 4 nitrogen and oxygen atoms in total. The van der Waals surface area contributed by atoms with Crippen LogP contribution in [0.4, 0.5) is 4.39 Å². The number of nitrogens with zero attached hydrogens (tertiary/aromatic N) is 3. The highest BCUT2D eigenvalue weighted by molar-refractivity contribution is 5.64. The highest BCUT2D eigenvalue weighted by Gasteiger charge is 2.15. The zero-order valence-electron chi connectivity index (χ0n) is 10.6. The highest BCUT2D eigenvalue weighted by Crippen LogP contribution is 2.25. The molecule has 3 rings (SSSR count). The molecule has 0 saturated carbocycles. The first kappa shape index (κ1) is 12.5. The van der Waals surface area contributed by atoms with Crippen LogP contribution in [0.3, 0.4) is 0 Å². The van der Waals surface area contributed by atoms with Crippen LogP contribution in [0.25, 0.3) is 16.9 Å². The second kappa shape index (κ2) is 5.22. The summed E-state index contributed by atoms with van der Waals surface area (Å²) in [6.45, 7) is -0.223. The van der Waals surface area contributed by atoms with Crippen molar-refractivity contribution in [3.05, 3.63) is 66.1 Å². The van der Waals surface area contributed by atoms with Gasteiger partial charge in [-0.1, -0.05) is 41.6 Å². The quantitative estimate of drug-likeness (QED) is 0.795. The van der Waals surface area contributed by atoms with E-state index < -0.39 is 0 Å². The van der Waals surface area contributed by atoms with Gasteiger partial charge in [-0.05, 0) is 18.2 Å². The number of halogens is 1. The average Bonchev–Trinajstić information content (AvgIpc) is 2.92. The van der Waals surface area contributed by atoms with Gasteiger partial charge in [0.05, 0.1) is 12.3 Å². The number of aromatic nitrogens is 3. The molecule has 0 bridgehead atoms. The number of aliphatic hydroxyl groups excluding tert-OH is 1. The molecule has 20 heavy (non-hydrogen) atoms. The Labute approximate surface area is 115 Å². The fraction of sp³-hybridized carbons (Fsp3) is 0.0667. The summed E-state index contributed by atoms with van der Waals surface area (Å²) >= 11 is 0. The molecule has 100 valence electrons. The van der Waals surface area contributed by atoms with Crippen LogP contribution in [0.2, 0.25) is 0 Å². The van der Waals surface area contributed by atoms with Crippen LogP contribution in [0.5, 0.6) is 0 Å². The lowest BCUT2D eigenvalue weighted by Crippen LogP contribution is -2.00. The molecule has 0 aliphatic heterocycles. The van der Waals surface area contributed by atoms with E-state index in [1.54, 1.807) is 12.1 Å². The Hall–Kier alpha value is -2.53. The van der Waals surface area contributed by atoms with Gasteiger partial charge in [-0.3, -0.25) is 0 Å². The van der Waals surface area contributed by atoms with Crippen LogP contribution >= 0.6 is 0 Å². The minimum atomic E-state index is -0.345. The van der Waals surface area contributed by atoms with Crippen LogP contribution in [-0.2, 0) is 6.61 Å². The maximum atomic E-state index is 13.4. The van der Waals surface area contributed by atoms with Gasteiger partial charge in [0.25, 0.3) is 0 Å². The highest BCUT2D eigenvalue weighted by atomic mass is 19.1. The van der Waals surface area contributed by atoms with Gasteiger partial charge in [-0.15, -0.1) is 5.10 Å². The van der Waals surface area contributed by atoms with E-state index in [2.05, 4.69) is 10.3 Å². The Morgan fingerprint density at radius 2 is 1.85 bits per heavy atom. The SMILES string of the molecule is OCc1nnn(-c2cccc(F)c2)c1-c1ccccc1. The summed E-state index contributed by atoms with van der Waals surface area (Å²) in [5, 5.41) is 17.4. The third-order valence-corrected chi connectivity index (χ3v) is 2.99. The lowest BCUT2D eigenvalue weighted by atomic mass is 10.1. The second-order valence-electron chi connectivity index (χ2n) is 4.30. The molecule has 0 unspecified atom stereocenters. The molecule has 3 aromatic rings. The van der Waals surface area contributed by atoms with Crippen molar-refractivity contribution in [3.8, 4) is 16.9 Å². The number of hydrogen-bond donors (Lipinski definition) is 1. The van der Waals surface area contributed by atoms with E-state index in [1.807, 2.05) is 30.3 Å². The van der Waals surface area contributed by atoms with E-state index in [0.29, 0.717) is 17.1 Å². The molecule has 1 aromatic heterocycles. The van der Waals surface area contributed by atoms with Crippen LogP contribution in [0.15, 0.2) is 54.6 Å². The van der Waals surface area contributed by atoms with Crippen molar-refractivity contribution in [3.63, 3.8) is 0 Å². The standard InChI is InChI=1S/C15H12FN3O/c16-12-7-4-8-13(9-12)19-15(14(10-20)17-18-19)11-5-2-1-3-6-11/h1-9,20H,10H2. The molecule has 5 heteroatoms. The molecular formula is C15H12FN3O. The van der Waals surface area contributed by atoms with Crippen molar-refractivity contribution in [2.24, 2.45) is 0 Å². The Bertz CT molecular complexity index is 725. The molecule has 0 atom stereocenters. The van der Waals surface area contributed by atoms with Gasteiger partial charge >= 0.3 is 0 Å². The van der Waals surface area contributed by atoms with E-state index in [0.717, 1.165) is 5.56 Å². The number of rotatable bonds is 3. The van der Waals surface area contributed by atoms with E-state index in [9.17, 15) is 9.50 Å². The predicted octanol–water partition coefficient (Wildman–Crippen LogP) is 2.57. The summed E-state index contributed by atoms with van der Waals surface area (Å²) < 4.78 is 14.9. The Morgan fingerprint density at radius 3 is 2.55 bits per heavy atom. The summed E-state index contributed by atoms with van der Waals surface area (Å²) in [6, 6.07) is 15.6. The molecule has 1 N–H and O–H groups in total. The lowest BCUT2D eigenvalue weighted by molar-refractivity contribution is 0.277. The number of benzene rings is 2. The first-order valence-corrected chi connectivity index (χ1v) is 6.16. The molecule has 0 aliphatic rings. The van der Waals surface area contributed by atoms with Gasteiger partial charge < -0.3 is 5.11 Å². The monoisotopic (exact) mass is 269 g/mol. The van der Waals surface area contributed by atoms with Crippen LogP contribution < -0.4 is 0 Å². The number of hydrogen-bond acceptors (Lipinski definition) is 3. The molecule has 0 amide bonds. The van der Waals surface area contributed by atoms with Crippen molar-refractivity contribution in [2.75, 3.05) is 0 Å². The van der Waals surface area contributed by atoms with E-state index in [4.69, 9.17) is 0 Å². The van der Waals surface area contributed by atoms with Gasteiger partial charge in [0.2, 0.25) is 0 Å². The van der Waals surface area contributed by atoms with Gasteiger partial charge in [-0.25, -0.2) is 9.07 Å². The molecule has 0 saturated heterocycles. The zero-order valence-corrected chi connectivity index (χ0v) is 10.6. The average molecular weight is 269 g/mol. The topological polar surface area (TPSA) is 50.9 Å². The Kier molecular flexibility index (Phi) is 3.26. The minimum Gasteiger partial charge on any atom is -0.390 e. The zero-order chi connectivity index (χ0) is 13.9. The first-order valence-electron chi connectivity index (χ1n) is 6.16. The lowest BCUT2D eigenvalue weighted by Gasteiger charge is -2.07. The summed E-state index contributed by atoms with van der Waals surface area (Å²) in [4.78, 5) is 0. The van der Waals surface area contributed by atoms with Crippen molar-refractivity contribution >= 4 is 0 Å². The summed E-state index contributed by atoms with van der Waals surface area (Å²) in [5.41, 5.74) is 2.56. The smallest absolute Gasteiger partial charge is 0.125 e. The molecule has 0 fully saturated rings. The van der Waals surface area contributed by atoms with Crippen LogP contribution in [-0.4, -0.2) is 20.1 Å². The predicted molar refractivity (Wildman–Crippen MR) is 72.7 cm³/mol. The van der Waals surface area contributed by atoms with Crippen molar-refractivity contribution < 1.29 is 9.50 Å². The molecule has 0 radical (unpaired) electrons. The summed E-state index contributed by atoms with van der Waals surface area (Å²) in [5.74, 6) is -0.345. The maximum Gasteiger partial charge on any atom is 0.125 e. The Morgan fingerprint density at radius 1 is 1.05 bits per heavy atom. The van der Waals surface area contributed by atoms with Crippen molar-refractivity contribution in [1.29, 1.82) is 0 Å². The second-order valence-corrected chi connectivity index (χ2v) is 4.30. The van der Waals surface area contributed by atoms with Gasteiger partial charge in [-0.2, -0.15) is 0 Å². The van der Waals surface area contributed by atoms with Crippen LogP contribution in [0.1, 0.15) is 5.69 Å². The third kappa shape index (κ3) is 2.19. The fourth-order valence-electron chi connectivity index (χ4n) is 2.09. The van der Waals surface area contributed by atoms with Crippen LogP contribution in [0, 0.1) is 5.82 Å².